The topological polar surface area (TPSA) is 330 Å². The van der Waals surface area contributed by atoms with E-state index < -0.39 is 0 Å². The van der Waals surface area contributed by atoms with Crippen molar-refractivity contribution in [3.8, 4) is 34.2 Å². The fraction of sp³-hybridized carbons (Fsp3) is 0.245. The van der Waals surface area contributed by atoms with Gasteiger partial charge in [-0.3, -0.25) is 74.4 Å². The van der Waals surface area contributed by atoms with Gasteiger partial charge in [0.1, 0.15) is 23.2 Å². The van der Waals surface area contributed by atoms with Gasteiger partial charge in [0, 0.05) is 179 Å². The van der Waals surface area contributed by atoms with E-state index in [2.05, 4.69) is 129 Å². The molecule has 8 N–H and O–H groups in total. The lowest BCUT2D eigenvalue weighted by atomic mass is 10.1. The van der Waals surface area contributed by atoms with E-state index in [0.29, 0.717) is 130 Å². The molecule has 0 unspecified atom stereocenters. The number of aliphatic hydroxyl groups is 1. The third-order valence-electron chi connectivity index (χ3n) is 27.2. The molecule has 31 nitrogen and oxygen atoms in total. The van der Waals surface area contributed by atoms with Crippen LogP contribution in [-0.2, 0) is 0 Å². The number of aromatic amines is 5. The number of halogens is 4. The van der Waals surface area contributed by atoms with Crippen molar-refractivity contribution < 1.29 is 23.0 Å². The zero-order chi connectivity index (χ0) is 96.6. The number of fused-ring (bicyclic) bond motifs is 15. The number of piperidine rings is 1. The Balaban J connectivity index is 0.000000104. The molecule has 0 spiro atoms. The van der Waals surface area contributed by atoms with Crippen LogP contribution in [0.4, 0.5) is 41.6 Å². The molecule has 20 aromatic rings. The van der Waals surface area contributed by atoms with Gasteiger partial charge in [-0.05, 0) is 211 Å². The highest BCUT2D eigenvalue weighted by atomic mass is 35.5. The number of aliphatic hydroxyl groups excluding tert-OH is 1. The van der Waals surface area contributed by atoms with Gasteiger partial charge in [0.2, 0.25) is 0 Å². The molecule has 5 saturated heterocycles. The molecule has 5 aliphatic heterocycles. The number of piperazine rings is 2. The number of anilines is 5. The minimum Gasteiger partial charge on any atom is -0.497 e. The summed E-state index contributed by atoms with van der Waals surface area (Å²) in [4.78, 5) is 102. The molecule has 0 saturated carbocycles. The second kappa shape index (κ2) is 39.6. The van der Waals surface area contributed by atoms with Crippen LogP contribution in [0.5, 0.6) is 5.75 Å². The van der Waals surface area contributed by atoms with Gasteiger partial charge in [-0.15, -0.1) is 0 Å². The van der Waals surface area contributed by atoms with Crippen molar-refractivity contribution >= 4 is 149 Å². The van der Waals surface area contributed by atoms with E-state index in [9.17, 15) is 33.5 Å². The molecule has 0 radical (unpaired) electrons. The van der Waals surface area contributed by atoms with E-state index >= 15 is 8.78 Å². The van der Waals surface area contributed by atoms with Crippen LogP contribution in [0.25, 0.3) is 137 Å². The second-order valence-electron chi connectivity index (χ2n) is 36.0. The van der Waals surface area contributed by atoms with Crippen LogP contribution >= 0.6 is 11.6 Å². The van der Waals surface area contributed by atoms with Gasteiger partial charge in [-0.2, -0.15) is 0 Å². The molecule has 716 valence electrons. The van der Waals surface area contributed by atoms with Crippen molar-refractivity contribution in [2.45, 2.75) is 31.8 Å². The average Bonchev–Trinajstić information content (AvgIpc) is 1.63. The Hall–Kier alpha value is -15.7. The van der Waals surface area contributed by atoms with Crippen LogP contribution in [-0.4, -0.2) is 234 Å². The molecule has 10 aromatic heterocycles. The molecular weight excluding hydrogens is 1810 g/mol. The molecule has 5 fully saturated rings. The van der Waals surface area contributed by atoms with Crippen LogP contribution < -0.4 is 67.7 Å². The molecule has 0 aliphatic carbocycles. The molecule has 15 heterocycles. The summed E-state index contributed by atoms with van der Waals surface area (Å²) in [6.45, 7) is 16.0. The maximum Gasteiger partial charge on any atom is 0.280 e. The van der Waals surface area contributed by atoms with E-state index in [4.69, 9.17) is 16.3 Å². The van der Waals surface area contributed by atoms with Crippen molar-refractivity contribution in [2.24, 2.45) is 0 Å². The first-order chi connectivity index (χ1) is 68.8. The molecular formula is C106H102ClF3N24O7. The molecule has 35 heteroatoms. The first kappa shape index (κ1) is 91.7. The number of hydrogen-bond donors (Lipinski definition) is 8. The first-order valence-corrected chi connectivity index (χ1v) is 47.7. The molecule has 5 aliphatic rings. The van der Waals surface area contributed by atoms with E-state index in [1.807, 2.05) is 144 Å². The zero-order valence-corrected chi connectivity index (χ0v) is 78.5. The minimum atomic E-state index is -0.355. The largest absolute Gasteiger partial charge is 0.497 e. The summed E-state index contributed by atoms with van der Waals surface area (Å²) in [6.07, 6.45) is 10.9. The lowest BCUT2D eigenvalue weighted by Gasteiger charge is -2.34. The predicted octanol–water partition coefficient (Wildman–Crippen LogP) is 14.5. The van der Waals surface area contributed by atoms with Crippen LogP contribution in [0, 0.1) is 17.5 Å². The van der Waals surface area contributed by atoms with Crippen LogP contribution in [0.15, 0.2) is 267 Å². The third-order valence-corrected chi connectivity index (χ3v) is 27.4. The maximum absolute atomic E-state index is 15.1. The van der Waals surface area contributed by atoms with Gasteiger partial charge >= 0.3 is 0 Å². The van der Waals surface area contributed by atoms with Gasteiger partial charge < -0.3 is 54.8 Å². The highest BCUT2D eigenvalue weighted by Gasteiger charge is 2.28. The Kier molecular flexibility index (Phi) is 25.8. The van der Waals surface area contributed by atoms with E-state index in [1.165, 1.54) is 38.4 Å². The summed E-state index contributed by atoms with van der Waals surface area (Å²) in [5.74, 6) is -0.186. The normalized spacial score (nSPS) is 15.4. The van der Waals surface area contributed by atoms with Crippen molar-refractivity contribution in [1.82, 2.24) is 94.3 Å². The fourth-order valence-electron chi connectivity index (χ4n) is 19.3. The standard InChI is InChI=1S/C22H22FN5O.C21H20ClN5O.C21H20FN5O.C21H19FN4O2.C21H21N5O2/c1-26-8-5-9-27(11-10-26)20-13-19-16(12-18(20)23)21-17(14-24-19)22(29)28(25-21)15-6-3-2-4-7-15;1-25-8-10-26(11-9-25)16-6-7-19-17(12-16)20-18(13-23-19)21(28)27(24-20)15-4-2-14(22)3-5-15;22-17-11-15-18(12-19(17)26-9-4-7-23-8-10-26)24-13-16-20(15)25-27(21(16)28)14-5-2-1-3-6-14;22-17-10-15-18(11-19(17)25-8-6-14(27)7-9-25)23-12-16-20(15)24-26(21(16)28)13-4-2-1-3-5-13;1-28-16-5-2-14(3-6-16)26-21(27)18-13-23-19-7-4-15(12-17(19)20(18)24-26)25-10-8-22-9-11-25/h2-4,6-7,12-14,25H,5,8-11H2,1H3;2-7,12-13,24H,8-11H2,1H3;1-3,5-6,11-13,23,25H,4,7-10H2;1-5,10-12,14,24,27H,6-9H2;2-7,12-13,22,24H,8-11H2,1H3. The summed E-state index contributed by atoms with van der Waals surface area (Å²) in [6, 6.07) is 64.8. The van der Waals surface area contributed by atoms with Gasteiger partial charge in [0.15, 0.2) is 0 Å². The Labute approximate surface area is 808 Å². The van der Waals surface area contributed by atoms with Gasteiger partial charge in [0.05, 0.1) is 141 Å². The number of methoxy groups -OCH3 is 1. The number of pyridine rings is 5. The second-order valence-corrected chi connectivity index (χ2v) is 36.5. The number of rotatable bonds is 11. The fourth-order valence-corrected chi connectivity index (χ4v) is 19.5. The predicted molar refractivity (Wildman–Crippen MR) is 554 cm³/mol. The number of likely N-dealkylation sites (N-methyl/N-ethyl adjacent to an activating group) is 2. The number of H-pyrrole nitrogens is 5. The lowest BCUT2D eigenvalue weighted by Crippen LogP contribution is -2.44. The monoisotopic (exact) mass is 1910 g/mol. The zero-order valence-electron chi connectivity index (χ0n) is 77.7. The van der Waals surface area contributed by atoms with Crippen LogP contribution in [0.1, 0.15) is 25.7 Å². The summed E-state index contributed by atoms with van der Waals surface area (Å²) in [7, 11) is 5.86. The minimum absolute atomic E-state index is 0.109. The molecule has 0 bridgehead atoms. The van der Waals surface area contributed by atoms with Gasteiger partial charge in [-0.1, -0.05) is 66.2 Å². The highest BCUT2D eigenvalue weighted by molar-refractivity contribution is 6.30. The van der Waals surface area contributed by atoms with E-state index in [0.717, 1.165) is 190 Å². The summed E-state index contributed by atoms with van der Waals surface area (Å²) < 4.78 is 57.7. The Morgan fingerprint density at radius 3 is 1.01 bits per heavy atom. The average molecular weight is 1920 g/mol. The van der Waals surface area contributed by atoms with Crippen molar-refractivity contribution in [2.75, 3.05) is 164 Å². The number of benzene rings is 10. The Bertz CT molecular complexity index is 8370. The molecule has 10 aromatic carbocycles. The quantitative estimate of drug-likeness (QED) is 0.0596. The maximum atomic E-state index is 15.1. The molecule has 25 rings (SSSR count). The number of aromatic nitrogens is 15. The number of nitrogens with zero attached hydrogens (tertiary/aromatic N) is 17. The first-order valence-electron chi connectivity index (χ1n) is 47.3. The lowest BCUT2D eigenvalue weighted by molar-refractivity contribution is 0.145. The van der Waals surface area contributed by atoms with Gasteiger partial charge in [0.25, 0.3) is 27.8 Å². The summed E-state index contributed by atoms with van der Waals surface area (Å²) in [5.41, 5.74) is 13.9. The highest BCUT2D eigenvalue weighted by Crippen LogP contribution is 2.37. The SMILES string of the molecule is CN1CCCN(c2cc3ncc4c(=O)n(-c5ccccc5)[nH]c4c3cc2F)CC1.CN1CCN(c2ccc3ncc4c(=O)n(-c5ccc(Cl)cc5)[nH]c4c3c2)CC1.COc1ccc(-n2[nH]c3c(cnc4ccc(N5CCNCC5)cc43)c2=O)cc1.O=c1c2cnc3cc(N4CCC(O)CC4)c(F)cc3c2[nH]n1-c1ccccc1.O=c1c2cnc3cc(N4CCCNCC4)c(F)cc3c2[nH]n1-c1ccccc1. The summed E-state index contributed by atoms with van der Waals surface area (Å²) >= 11 is 5.98. The van der Waals surface area contributed by atoms with Crippen LogP contribution in [0.2, 0.25) is 5.02 Å². The van der Waals surface area contributed by atoms with Gasteiger partial charge in [-0.25, -0.2) is 36.6 Å². The van der Waals surface area contributed by atoms with E-state index in [1.54, 1.807) is 71.6 Å². The number of nitrogens with one attached hydrogen (secondary N) is 7. The number of hydrogen-bond acceptors (Lipinski definition) is 21. The van der Waals surface area contributed by atoms with Crippen molar-refractivity contribution in [3.63, 3.8) is 0 Å². The third kappa shape index (κ3) is 18.5. The van der Waals surface area contributed by atoms with Crippen LogP contribution in [0.3, 0.4) is 0 Å². The van der Waals surface area contributed by atoms with E-state index in [-0.39, 0.29) is 51.4 Å². The Morgan fingerprint density at radius 2 is 0.617 bits per heavy atom. The Morgan fingerprint density at radius 1 is 0.312 bits per heavy atom. The van der Waals surface area contributed by atoms with Crippen molar-refractivity contribution in [1.29, 1.82) is 0 Å². The summed E-state index contributed by atoms with van der Waals surface area (Å²) in [5, 5.41) is 39.2. The molecule has 0 atom stereocenters. The molecule has 0 amide bonds. The van der Waals surface area contributed by atoms with Crippen molar-refractivity contribution in [3.05, 3.63) is 318 Å². The smallest absolute Gasteiger partial charge is 0.280 e. The number of ether oxygens (including phenoxy) is 1. The molecule has 141 heavy (non-hydrogen) atoms. The number of para-hydroxylation sites is 3.